The van der Waals surface area contributed by atoms with Crippen LogP contribution in [0.4, 0.5) is 5.69 Å². The number of halogens is 1. The summed E-state index contributed by atoms with van der Waals surface area (Å²) in [6.07, 6.45) is 0. The van der Waals surface area contributed by atoms with Crippen LogP contribution in [0.2, 0.25) is 5.02 Å². The molecule has 0 spiro atoms. The normalized spacial score (nSPS) is 10.5. The van der Waals surface area contributed by atoms with Crippen molar-refractivity contribution in [2.75, 3.05) is 5.73 Å². The van der Waals surface area contributed by atoms with Gasteiger partial charge in [-0.25, -0.2) is 0 Å². The fourth-order valence-corrected chi connectivity index (χ4v) is 2.02. The second-order valence-corrected chi connectivity index (χ2v) is 4.71. The molecular weight excluding hydrogens is 290 g/mol. The van der Waals surface area contributed by atoms with E-state index >= 15 is 0 Å². The first kappa shape index (κ1) is 13.5. The zero-order valence-corrected chi connectivity index (χ0v) is 11.7. The number of rotatable bonds is 4. The van der Waals surface area contributed by atoms with Crippen molar-refractivity contribution in [1.29, 1.82) is 0 Å². The minimum absolute atomic E-state index is 0.145. The van der Waals surface area contributed by atoms with Crippen molar-refractivity contribution in [1.82, 2.24) is 10.2 Å². The van der Waals surface area contributed by atoms with Crippen LogP contribution in [0.25, 0.3) is 11.5 Å². The molecule has 0 bridgehead atoms. The number of hydrogen-bond acceptors (Lipinski definition) is 5. The summed E-state index contributed by atoms with van der Waals surface area (Å²) in [4.78, 5) is 0. The molecule has 0 saturated heterocycles. The van der Waals surface area contributed by atoms with Gasteiger partial charge in [0, 0.05) is 0 Å². The van der Waals surface area contributed by atoms with Gasteiger partial charge in [-0.2, -0.15) is 0 Å². The smallest absolute Gasteiger partial charge is 0.254 e. The molecule has 0 saturated carbocycles. The summed E-state index contributed by atoms with van der Waals surface area (Å²) in [7, 11) is 0. The molecule has 2 N–H and O–H groups in total. The van der Waals surface area contributed by atoms with Crippen LogP contribution < -0.4 is 10.5 Å². The first-order valence-corrected chi connectivity index (χ1v) is 6.66. The highest BCUT2D eigenvalue weighted by Crippen LogP contribution is 2.27. The van der Waals surface area contributed by atoms with Crippen molar-refractivity contribution in [3.05, 3.63) is 59.4 Å². The van der Waals surface area contributed by atoms with Crippen LogP contribution >= 0.6 is 11.6 Å². The highest BCUT2D eigenvalue weighted by Gasteiger charge is 2.12. The van der Waals surface area contributed by atoms with E-state index in [2.05, 4.69) is 10.2 Å². The summed E-state index contributed by atoms with van der Waals surface area (Å²) in [6.45, 7) is 0.145. The second-order valence-electron chi connectivity index (χ2n) is 4.31. The van der Waals surface area contributed by atoms with Crippen molar-refractivity contribution in [2.45, 2.75) is 6.61 Å². The number of benzene rings is 2. The number of nitrogen functional groups attached to an aromatic ring is 1. The summed E-state index contributed by atoms with van der Waals surface area (Å²) in [5.74, 6) is 1.29. The van der Waals surface area contributed by atoms with E-state index in [-0.39, 0.29) is 6.61 Å². The maximum Gasteiger partial charge on any atom is 0.254 e. The Balaban J connectivity index is 1.74. The minimum atomic E-state index is 0.145. The number of nitrogens with two attached hydrogens (primary N) is 1. The molecule has 0 unspecified atom stereocenters. The van der Waals surface area contributed by atoms with Crippen molar-refractivity contribution in [3.63, 3.8) is 0 Å². The van der Waals surface area contributed by atoms with Crippen LogP contribution in [0.15, 0.2) is 52.9 Å². The molecule has 0 aliphatic heterocycles. The molecular formula is C15H12ClN3O2. The van der Waals surface area contributed by atoms with Crippen molar-refractivity contribution < 1.29 is 9.15 Å². The van der Waals surface area contributed by atoms with E-state index in [4.69, 9.17) is 26.5 Å². The average molecular weight is 302 g/mol. The molecule has 1 heterocycles. The van der Waals surface area contributed by atoms with Gasteiger partial charge in [-0.15, -0.1) is 10.2 Å². The maximum absolute atomic E-state index is 6.09. The molecule has 0 atom stereocenters. The lowest BCUT2D eigenvalue weighted by Crippen LogP contribution is -1.98. The quantitative estimate of drug-likeness (QED) is 0.746. The monoisotopic (exact) mass is 301 g/mol. The lowest BCUT2D eigenvalue weighted by atomic mass is 10.2. The first-order valence-electron chi connectivity index (χ1n) is 6.28. The molecule has 106 valence electrons. The van der Waals surface area contributed by atoms with Crippen LogP contribution in [-0.2, 0) is 6.61 Å². The van der Waals surface area contributed by atoms with E-state index in [0.29, 0.717) is 33.8 Å². The molecule has 2 aromatic carbocycles. The molecule has 21 heavy (non-hydrogen) atoms. The number of hydrogen-bond donors (Lipinski definition) is 1. The van der Waals surface area contributed by atoms with Gasteiger partial charge in [0.15, 0.2) is 6.61 Å². The zero-order chi connectivity index (χ0) is 14.7. The van der Waals surface area contributed by atoms with Gasteiger partial charge in [-0.05, 0) is 24.3 Å². The summed E-state index contributed by atoms with van der Waals surface area (Å²) in [5.41, 5.74) is 7.04. The van der Waals surface area contributed by atoms with Gasteiger partial charge in [0.1, 0.15) is 5.75 Å². The summed E-state index contributed by atoms with van der Waals surface area (Å²) in [6, 6.07) is 14.5. The molecule has 0 aliphatic carbocycles. The van der Waals surface area contributed by atoms with Crippen LogP contribution in [-0.4, -0.2) is 10.2 Å². The Hall–Kier alpha value is -2.53. The predicted molar refractivity (Wildman–Crippen MR) is 79.9 cm³/mol. The highest BCUT2D eigenvalue weighted by molar-refractivity contribution is 6.33. The Morgan fingerprint density at radius 3 is 2.62 bits per heavy atom. The number of nitrogens with zero attached hydrogens (tertiary/aromatic N) is 2. The summed E-state index contributed by atoms with van der Waals surface area (Å²) in [5, 5.41) is 8.46. The third-order valence-electron chi connectivity index (χ3n) is 2.84. The van der Waals surface area contributed by atoms with Crippen molar-refractivity contribution in [2.24, 2.45) is 0 Å². The van der Waals surface area contributed by atoms with Crippen LogP contribution in [0.3, 0.4) is 0 Å². The Labute approximate surface area is 126 Å². The third kappa shape index (κ3) is 2.98. The molecule has 6 heteroatoms. The Bertz CT molecular complexity index is 758. The largest absolute Gasteiger partial charge is 0.482 e. The van der Waals surface area contributed by atoms with E-state index in [1.54, 1.807) is 18.2 Å². The van der Waals surface area contributed by atoms with Crippen LogP contribution in [0.1, 0.15) is 5.89 Å². The van der Waals surface area contributed by atoms with Crippen molar-refractivity contribution in [3.8, 4) is 17.2 Å². The van der Waals surface area contributed by atoms with Crippen molar-refractivity contribution >= 4 is 17.3 Å². The first-order chi connectivity index (χ1) is 10.2. The molecule has 0 fully saturated rings. The zero-order valence-electron chi connectivity index (χ0n) is 11.0. The SMILES string of the molecule is Nc1ccccc1OCc1nnc(-c2ccccc2Cl)o1. The summed E-state index contributed by atoms with van der Waals surface area (Å²) < 4.78 is 11.1. The molecule has 3 rings (SSSR count). The lowest BCUT2D eigenvalue weighted by molar-refractivity contribution is 0.266. The van der Waals surface area contributed by atoms with E-state index in [0.717, 1.165) is 0 Å². The molecule has 3 aromatic rings. The van der Waals surface area contributed by atoms with Gasteiger partial charge >= 0.3 is 0 Å². The van der Waals surface area contributed by atoms with Gasteiger partial charge in [0.25, 0.3) is 5.89 Å². The summed E-state index contributed by atoms with van der Waals surface area (Å²) >= 11 is 6.09. The number of anilines is 1. The fourth-order valence-electron chi connectivity index (χ4n) is 1.81. The highest BCUT2D eigenvalue weighted by atomic mass is 35.5. The molecule has 0 amide bonds. The second kappa shape index (κ2) is 5.85. The number of ether oxygens (including phenoxy) is 1. The Kier molecular flexibility index (Phi) is 3.75. The Morgan fingerprint density at radius 2 is 1.81 bits per heavy atom. The average Bonchev–Trinajstić information content (AvgIpc) is 2.96. The van der Waals surface area contributed by atoms with E-state index < -0.39 is 0 Å². The molecule has 5 nitrogen and oxygen atoms in total. The predicted octanol–water partition coefficient (Wildman–Crippen LogP) is 3.55. The van der Waals surface area contributed by atoms with Crippen LogP contribution in [0.5, 0.6) is 5.75 Å². The van der Waals surface area contributed by atoms with Crippen LogP contribution in [0, 0.1) is 0 Å². The fraction of sp³-hybridized carbons (Fsp3) is 0.0667. The van der Waals surface area contributed by atoms with Gasteiger partial charge in [-0.1, -0.05) is 35.9 Å². The van der Waals surface area contributed by atoms with E-state index in [1.165, 1.54) is 0 Å². The molecule has 1 aromatic heterocycles. The topological polar surface area (TPSA) is 74.2 Å². The maximum atomic E-state index is 6.09. The van der Waals surface area contributed by atoms with E-state index in [9.17, 15) is 0 Å². The number of para-hydroxylation sites is 2. The van der Waals surface area contributed by atoms with Gasteiger partial charge < -0.3 is 14.9 Å². The van der Waals surface area contributed by atoms with Gasteiger partial charge in [-0.3, -0.25) is 0 Å². The van der Waals surface area contributed by atoms with Gasteiger partial charge in [0.2, 0.25) is 5.89 Å². The van der Waals surface area contributed by atoms with E-state index in [1.807, 2.05) is 30.3 Å². The molecule has 0 aliphatic rings. The lowest BCUT2D eigenvalue weighted by Gasteiger charge is -2.05. The standard InChI is InChI=1S/C15H12ClN3O2/c16-11-6-2-1-5-10(11)15-19-18-14(21-15)9-20-13-8-4-3-7-12(13)17/h1-8H,9,17H2. The third-order valence-corrected chi connectivity index (χ3v) is 3.17. The molecule has 0 radical (unpaired) electrons. The minimum Gasteiger partial charge on any atom is -0.482 e. The van der Waals surface area contributed by atoms with Gasteiger partial charge in [0.05, 0.1) is 16.3 Å². The Morgan fingerprint density at radius 1 is 1.05 bits per heavy atom. The number of aromatic nitrogens is 2.